The van der Waals surface area contributed by atoms with Crippen molar-refractivity contribution in [2.75, 3.05) is 24.2 Å². The maximum Gasteiger partial charge on any atom is 0.0507 e. The van der Waals surface area contributed by atoms with Gasteiger partial charge in [0.15, 0.2) is 0 Å². The molecule has 1 aromatic carbocycles. The molecule has 1 saturated carbocycles. The molecular formula is C18H28N2S. The first-order valence-corrected chi connectivity index (χ1v) is 9.42. The summed E-state index contributed by atoms with van der Waals surface area (Å²) in [5, 5.41) is 3.88. The van der Waals surface area contributed by atoms with Gasteiger partial charge in [0.25, 0.3) is 0 Å². The minimum Gasteiger partial charge on any atom is -0.364 e. The van der Waals surface area contributed by atoms with Crippen LogP contribution in [-0.2, 0) is 0 Å². The first-order chi connectivity index (χ1) is 10.0. The molecule has 2 fully saturated rings. The van der Waals surface area contributed by atoms with Crippen LogP contribution in [0, 0.1) is 11.8 Å². The van der Waals surface area contributed by atoms with Gasteiger partial charge < -0.3 is 10.2 Å². The minimum absolute atomic E-state index is 0.289. The summed E-state index contributed by atoms with van der Waals surface area (Å²) in [4.78, 5) is 4.09. The third-order valence-electron chi connectivity index (χ3n) is 5.26. The van der Waals surface area contributed by atoms with Crippen molar-refractivity contribution in [1.29, 1.82) is 0 Å². The average Bonchev–Trinajstić information content (AvgIpc) is 3.32. The van der Waals surface area contributed by atoms with Crippen molar-refractivity contribution < 1.29 is 0 Å². The molecule has 1 N–H and O–H groups in total. The fourth-order valence-electron chi connectivity index (χ4n) is 3.70. The zero-order valence-corrected chi connectivity index (χ0v) is 14.5. The second kappa shape index (κ2) is 5.85. The van der Waals surface area contributed by atoms with Crippen molar-refractivity contribution >= 4 is 17.4 Å². The Morgan fingerprint density at radius 2 is 2.00 bits per heavy atom. The molecule has 2 unspecified atom stereocenters. The molecule has 2 nitrogen and oxygen atoms in total. The molecule has 2 aliphatic rings. The number of benzene rings is 1. The van der Waals surface area contributed by atoms with Gasteiger partial charge in [0.1, 0.15) is 0 Å². The van der Waals surface area contributed by atoms with Crippen molar-refractivity contribution in [2.45, 2.75) is 50.1 Å². The van der Waals surface area contributed by atoms with E-state index in [-0.39, 0.29) is 5.54 Å². The van der Waals surface area contributed by atoms with E-state index in [1.807, 2.05) is 11.8 Å². The van der Waals surface area contributed by atoms with E-state index in [4.69, 9.17) is 0 Å². The summed E-state index contributed by atoms with van der Waals surface area (Å²) in [6, 6.07) is 9.49. The molecule has 3 rings (SSSR count). The number of nitrogens with zero attached hydrogens (tertiary/aromatic N) is 1. The van der Waals surface area contributed by atoms with E-state index in [0.717, 1.165) is 19.0 Å². The van der Waals surface area contributed by atoms with Gasteiger partial charge in [0.2, 0.25) is 0 Å². The topological polar surface area (TPSA) is 15.3 Å². The third-order valence-corrected chi connectivity index (χ3v) is 6.04. The minimum atomic E-state index is 0.289. The summed E-state index contributed by atoms with van der Waals surface area (Å²) in [7, 11) is 0. The first kappa shape index (κ1) is 15.2. The van der Waals surface area contributed by atoms with E-state index in [9.17, 15) is 0 Å². The van der Waals surface area contributed by atoms with Crippen LogP contribution in [0.15, 0.2) is 29.2 Å². The van der Waals surface area contributed by atoms with Gasteiger partial charge in [-0.3, -0.25) is 0 Å². The smallest absolute Gasteiger partial charge is 0.0507 e. The summed E-state index contributed by atoms with van der Waals surface area (Å²) >= 11 is 1.86. The van der Waals surface area contributed by atoms with E-state index < -0.39 is 0 Å². The normalized spacial score (nSPS) is 30.0. The van der Waals surface area contributed by atoms with Crippen LogP contribution in [0.25, 0.3) is 0 Å². The molecule has 0 radical (unpaired) electrons. The number of rotatable bonds is 4. The number of nitrogens with one attached hydrogen (secondary N) is 1. The Morgan fingerprint density at radius 1 is 1.29 bits per heavy atom. The van der Waals surface area contributed by atoms with E-state index in [2.05, 4.69) is 61.5 Å². The number of hydrogen-bond donors (Lipinski definition) is 1. The molecule has 0 amide bonds. The lowest BCUT2D eigenvalue weighted by atomic mass is 9.87. The van der Waals surface area contributed by atoms with Crippen molar-refractivity contribution in [1.82, 2.24) is 5.32 Å². The van der Waals surface area contributed by atoms with Gasteiger partial charge in [0, 0.05) is 29.6 Å². The number of anilines is 1. The van der Waals surface area contributed by atoms with E-state index >= 15 is 0 Å². The lowest BCUT2D eigenvalue weighted by Crippen LogP contribution is -2.65. The van der Waals surface area contributed by atoms with Crippen LogP contribution >= 0.6 is 11.8 Å². The van der Waals surface area contributed by atoms with Gasteiger partial charge >= 0.3 is 0 Å². The Morgan fingerprint density at radius 3 is 2.62 bits per heavy atom. The number of piperazine rings is 1. The predicted octanol–water partition coefficient (Wildman–Crippen LogP) is 4.01. The fourth-order valence-corrected chi connectivity index (χ4v) is 4.30. The average molecular weight is 305 g/mol. The van der Waals surface area contributed by atoms with E-state index in [0.29, 0.717) is 12.0 Å². The summed E-state index contributed by atoms with van der Waals surface area (Å²) in [6.45, 7) is 9.36. The standard InChI is InChI=1S/C18H28N2S/c1-13(2)16-11-19-18(3,14-9-10-14)12-20(16)15-7-5-6-8-17(15)21-4/h5-8,13-14,16,19H,9-12H2,1-4H3. The Labute approximate surface area is 133 Å². The molecule has 0 bridgehead atoms. The molecule has 1 heterocycles. The molecular weight excluding hydrogens is 276 g/mol. The maximum absolute atomic E-state index is 3.88. The second-order valence-corrected chi connectivity index (χ2v) is 8.03. The molecule has 116 valence electrons. The van der Waals surface area contributed by atoms with Crippen LogP contribution in [-0.4, -0.2) is 30.9 Å². The molecule has 1 aromatic rings. The highest BCUT2D eigenvalue weighted by Gasteiger charge is 2.46. The van der Waals surface area contributed by atoms with Gasteiger partial charge in [-0.25, -0.2) is 0 Å². The Bertz CT molecular complexity index is 498. The third kappa shape index (κ3) is 2.95. The highest BCUT2D eigenvalue weighted by Crippen LogP contribution is 2.43. The maximum atomic E-state index is 3.88. The molecule has 0 aromatic heterocycles. The number of hydrogen-bond acceptors (Lipinski definition) is 3. The molecule has 2 atom stereocenters. The van der Waals surface area contributed by atoms with Crippen LogP contribution in [0.5, 0.6) is 0 Å². The molecule has 1 saturated heterocycles. The highest BCUT2D eigenvalue weighted by molar-refractivity contribution is 7.98. The summed E-state index contributed by atoms with van der Waals surface area (Å²) in [6.07, 6.45) is 4.98. The van der Waals surface area contributed by atoms with E-state index in [1.165, 1.54) is 23.4 Å². The van der Waals surface area contributed by atoms with Crippen molar-refractivity contribution in [2.24, 2.45) is 11.8 Å². The van der Waals surface area contributed by atoms with Crippen LogP contribution in [0.3, 0.4) is 0 Å². The van der Waals surface area contributed by atoms with Crippen molar-refractivity contribution in [3.8, 4) is 0 Å². The quantitative estimate of drug-likeness (QED) is 0.846. The van der Waals surface area contributed by atoms with Crippen molar-refractivity contribution in [3.05, 3.63) is 24.3 Å². The van der Waals surface area contributed by atoms with Gasteiger partial charge in [-0.05, 0) is 50.0 Å². The van der Waals surface area contributed by atoms with Crippen LogP contribution < -0.4 is 10.2 Å². The monoisotopic (exact) mass is 304 g/mol. The fraction of sp³-hybridized carbons (Fsp3) is 0.667. The Kier molecular flexibility index (Phi) is 4.24. The van der Waals surface area contributed by atoms with Crippen LogP contribution in [0.2, 0.25) is 0 Å². The Balaban J connectivity index is 1.93. The summed E-state index contributed by atoms with van der Waals surface area (Å²) in [5.41, 5.74) is 1.72. The molecule has 3 heteroatoms. The second-order valence-electron chi connectivity index (χ2n) is 7.18. The number of para-hydroxylation sites is 1. The SMILES string of the molecule is CSc1ccccc1N1CC(C)(C2CC2)NCC1C(C)C. The molecule has 21 heavy (non-hydrogen) atoms. The molecule has 0 spiro atoms. The van der Waals surface area contributed by atoms with Gasteiger partial charge in [-0.15, -0.1) is 11.8 Å². The van der Waals surface area contributed by atoms with Gasteiger partial charge in [-0.2, -0.15) is 0 Å². The molecule has 1 aliphatic carbocycles. The number of thioether (sulfide) groups is 1. The summed E-state index contributed by atoms with van der Waals surface area (Å²) in [5.74, 6) is 1.53. The lowest BCUT2D eigenvalue weighted by molar-refractivity contribution is 0.232. The Hall–Kier alpha value is -0.670. The lowest BCUT2D eigenvalue weighted by Gasteiger charge is -2.49. The molecule has 1 aliphatic heterocycles. The predicted molar refractivity (Wildman–Crippen MR) is 93.3 cm³/mol. The van der Waals surface area contributed by atoms with Crippen LogP contribution in [0.1, 0.15) is 33.6 Å². The first-order valence-electron chi connectivity index (χ1n) is 8.20. The van der Waals surface area contributed by atoms with Gasteiger partial charge in [-0.1, -0.05) is 26.0 Å². The zero-order chi connectivity index (χ0) is 15.0. The van der Waals surface area contributed by atoms with Gasteiger partial charge in [0.05, 0.1) is 5.69 Å². The largest absolute Gasteiger partial charge is 0.364 e. The highest BCUT2D eigenvalue weighted by atomic mass is 32.2. The van der Waals surface area contributed by atoms with Crippen molar-refractivity contribution in [3.63, 3.8) is 0 Å². The van der Waals surface area contributed by atoms with Crippen LogP contribution in [0.4, 0.5) is 5.69 Å². The zero-order valence-electron chi connectivity index (χ0n) is 13.7. The van der Waals surface area contributed by atoms with E-state index in [1.54, 1.807) is 0 Å². The summed E-state index contributed by atoms with van der Waals surface area (Å²) < 4.78 is 0.